The van der Waals surface area contributed by atoms with Crippen molar-refractivity contribution >= 4 is 12.0 Å². The summed E-state index contributed by atoms with van der Waals surface area (Å²) in [6.45, 7) is -0.0678. The summed E-state index contributed by atoms with van der Waals surface area (Å²) < 4.78 is 55.0. The van der Waals surface area contributed by atoms with Gasteiger partial charge in [0, 0.05) is 7.11 Å². The second-order valence-electron chi connectivity index (χ2n) is 4.78. The predicted molar refractivity (Wildman–Crippen MR) is 77.6 cm³/mol. The molecule has 0 amide bonds. The van der Waals surface area contributed by atoms with Crippen LogP contribution < -0.4 is 5.32 Å². The van der Waals surface area contributed by atoms with E-state index in [1.807, 2.05) is 0 Å². The van der Waals surface area contributed by atoms with Crippen LogP contribution >= 0.6 is 0 Å². The molecule has 1 N–H and O–H groups in total. The number of hydrogen-bond donors (Lipinski definition) is 1. The maximum atomic E-state index is 13.6. The van der Waals surface area contributed by atoms with Crippen LogP contribution in [0, 0.1) is 17.5 Å². The quantitative estimate of drug-likeness (QED) is 0.667. The molecule has 0 spiro atoms. The third-order valence-electron chi connectivity index (χ3n) is 3.32. The Kier molecular flexibility index (Phi) is 5.45. The number of rotatable bonds is 4. The first-order valence-electron chi connectivity index (χ1n) is 6.76. The molecule has 0 aromatic heterocycles. The van der Waals surface area contributed by atoms with Crippen LogP contribution in [-0.2, 0) is 19.0 Å². The molecule has 1 aromatic rings. The Morgan fingerprint density at radius 2 is 1.83 bits per heavy atom. The first kappa shape index (κ1) is 17.8. The predicted octanol–water partition coefficient (Wildman–Crippen LogP) is 1.82. The second-order valence-corrected chi connectivity index (χ2v) is 4.78. The summed E-state index contributed by atoms with van der Waals surface area (Å²) in [7, 11) is 3.86. The van der Waals surface area contributed by atoms with Crippen LogP contribution in [0.15, 0.2) is 28.4 Å². The number of ether oxygens (including phenoxy) is 3. The fraction of sp³-hybridized carbons (Fsp3) is 0.333. The molecular formula is C15H15F3N2O4. The monoisotopic (exact) mass is 344 g/mol. The van der Waals surface area contributed by atoms with Crippen molar-refractivity contribution in [2.75, 3.05) is 27.9 Å². The number of esters is 1. The van der Waals surface area contributed by atoms with Crippen LogP contribution in [0.4, 0.5) is 13.2 Å². The molecule has 1 unspecified atom stereocenters. The molecule has 1 aliphatic heterocycles. The number of halogens is 3. The zero-order valence-corrected chi connectivity index (χ0v) is 13.2. The molecule has 1 aromatic carbocycles. The fourth-order valence-electron chi connectivity index (χ4n) is 2.27. The number of methoxy groups -OCH3 is 3. The number of nitrogens with one attached hydrogen (secondary N) is 1. The van der Waals surface area contributed by atoms with E-state index in [0.717, 1.165) is 19.2 Å². The average Bonchev–Trinajstić information content (AvgIpc) is 2.58. The SMILES string of the molecule is COCC1=C(C(=O)OC)C(c2cc(F)c(F)c(F)c2)NC(OC)=N1. The lowest BCUT2D eigenvalue weighted by Crippen LogP contribution is -2.38. The number of aliphatic imine (C=N–C) groups is 1. The van der Waals surface area contributed by atoms with Crippen molar-refractivity contribution in [1.29, 1.82) is 0 Å². The van der Waals surface area contributed by atoms with Gasteiger partial charge in [0.1, 0.15) is 0 Å². The summed E-state index contributed by atoms with van der Waals surface area (Å²) in [6.07, 6.45) is 0. The van der Waals surface area contributed by atoms with Crippen molar-refractivity contribution in [3.05, 3.63) is 46.4 Å². The number of hydrogen-bond acceptors (Lipinski definition) is 6. The Morgan fingerprint density at radius 3 is 2.33 bits per heavy atom. The number of benzene rings is 1. The molecule has 2 rings (SSSR count). The largest absolute Gasteiger partial charge is 0.468 e. The van der Waals surface area contributed by atoms with E-state index in [4.69, 9.17) is 14.2 Å². The van der Waals surface area contributed by atoms with Gasteiger partial charge in [0.15, 0.2) is 17.5 Å². The van der Waals surface area contributed by atoms with Gasteiger partial charge in [-0.15, -0.1) is 0 Å². The van der Waals surface area contributed by atoms with E-state index in [2.05, 4.69) is 10.3 Å². The third-order valence-corrected chi connectivity index (χ3v) is 3.32. The van der Waals surface area contributed by atoms with Crippen molar-refractivity contribution < 1.29 is 32.2 Å². The first-order valence-corrected chi connectivity index (χ1v) is 6.76. The highest BCUT2D eigenvalue weighted by Crippen LogP contribution is 2.31. The molecule has 1 aliphatic rings. The van der Waals surface area contributed by atoms with Crippen molar-refractivity contribution in [2.24, 2.45) is 4.99 Å². The standard InChI is InChI=1S/C15H15F3N2O4/c1-22-6-10-11(14(21)23-2)13(20-15(19-10)24-3)7-4-8(16)12(18)9(17)5-7/h4-5,13H,6H2,1-3H3,(H,19,20). The molecule has 0 saturated carbocycles. The molecule has 130 valence electrons. The smallest absolute Gasteiger partial charge is 0.338 e. The minimum atomic E-state index is -1.60. The lowest BCUT2D eigenvalue weighted by atomic mass is 9.95. The van der Waals surface area contributed by atoms with E-state index in [1.54, 1.807) is 0 Å². The maximum absolute atomic E-state index is 13.6. The van der Waals surface area contributed by atoms with Crippen LogP contribution in [0.5, 0.6) is 0 Å². The summed E-state index contributed by atoms with van der Waals surface area (Å²) in [5, 5.41) is 2.70. The molecule has 6 nitrogen and oxygen atoms in total. The van der Waals surface area contributed by atoms with E-state index in [1.165, 1.54) is 14.2 Å². The zero-order valence-electron chi connectivity index (χ0n) is 13.2. The number of carbonyl (C=O) groups excluding carboxylic acids is 1. The Bertz CT molecular complexity index is 696. The highest BCUT2D eigenvalue weighted by Gasteiger charge is 2.33. The summed E-state index contributed by atoms with van der Waals surface area (Å²) in [5.74, 6) is -5.14. The van der Waals surface area contributed by atoms with Gasteiger partial charge in [0.2, 0.25) is 0 Å². The molecule has 9 heteroatoms. The summed E-state index contributed by atoms with van der Waals surface area (Å²) >= 11 is 0. The minimum Gasteiger partial charge on any atom is -0.468 e. The lowest BCUT2D eigenvalue weighted by molar-refractivity contribution is -0.136. The first-order chi connectivity index (χ1) is 11.4. The molecule has 0 fully saturated rings. The van der Waals surface area contributed by atoms with Gasteiger partial charge in [0.05, 0.1) is 38.1 Å². The topological polar surface area (TPSA) is 69.2 Å². The molecule has 0 aliphatic carbocycles. The molecule has 0 radical (unpaired) electrons. The van der Waals surface area contributed by atoms with Gasteiger partial charge in [0.25, 0.3) is 6.02 Å². The van der Waals surface area contributed by atoms with Crippen molar-refractivity contribution in [2.45, 2.75) is 6.04 Å². The summed E-state index contributed by atoms with van der Waals surface area (Å²) in [5.41, 5.74) is 0.102. The minimum absolute atomic E-state index is 0.00449. The Hall–Kier alpha value is -2.55. The number of nitrogens with zero attached hydrogens (tertiary/aromatic N) is 1. The van der Waals surface area contributed by atoms with Crippen molar-refractivity contribution in [3.63, 3.8) is 0 Å². The van der Waals surface area contributed by atoms with Gasteiger partial charge in [-0.2, -0.15) is 4.99 Å². The zero-order chi connectivity index (χ0) is 17.9. The fourth-order valence-corrected chi connectivity index (χ4v) is 2.27. The highest BCUT2D eigenvalue weighted by molar-refractivity contribution is 5.94. The van der Waals surface area contributed by atoms with E-state index in [9.17, 15) is 18.0 Å². The van der Waals surface area contributed by atoms with Gasteiger partial charge < -0.3 is 19.5 Å². The Labute approximate surface area is 135 Å². The maximum Gasteiger partial charge on any atom is 0.338 e. The van der Waals surface area contributed by atoms with E-state index in [0.29, 0.717) is 0 Å². The Morgan fingerprint density at radius 1 is 1.21 bits per heavy atom. The number of amidine groups is 1. The Balaban J connectivity index is 2.62. The van der Waals surface area contributed by atoms with Gasteiger partial charge >= 0.3 is 5.97 Å². The number of carbonyl (C=O) groups is 1. The molecule has 1 heterocycles. The van der Waals surface area contributed by atoms with E-state index < -0.39 is 29.5 Å². The van der Waals surface area contributed by atoms with Crippen LogP contribution in [0.3, 0.4) is 0 Å². The van der Waals surface area contributed by atoms with Gasteiger partial charge in [-0.3, -0.25) is 0 Å². The average molecular weight is 344 g/mol. The normalized spacial score (nSPS) is 17.2. The highest BCUT2D eigenvalue weighted by atomic mass is 19.2. The molecular weight excluding hydrogens is 329 g/mol. The van der Waals surface area contributed by atoms with Crippen LogP contribution in [0.2, 0.25) is 0 Å². The van der Waals surface area contributed by atoms with Crippen molar-refractivity contribution in [1.82, 2.24) is 5.32 Å². The van der Waals surface area contributed by atoms with Gasteiger partial charge in [-0.25, -0.2) is 18.0 Å². The van der Waals surface area contributed by atoms with E-state index in [-0.39, 0.29) is 29.5 Å². The van der Waals surface area contributed by atoms with Gasteiger partial charge in [-0.05, 0) is 17.7 Å². The molecule has 0 bridgehead atoms. The van der Waals surface area contributed by atoms with Crippen molar-refractivity contribution in [3.8, 4) is 0 Å². The van der Waals surface area contributed by atoms with E-state index >= 15 is 0 Å². The summed E-state index contributed by atoms with van der Waals surface area (Å²) in [6, 6.07) is 0.508. The third kappa shape index (κ3) is 3.35. The molecule has 0 saturated heterocycles. The van der Waals surface area contributed by atoms with Crippen LogP contribution in [0.1, 0.15) is 11.6 Å². The second kappa shape index (κ2) is 7.35. The van der Waals surface area contributed by atoms with Gasteiger partial charge in [-0.1, -0.05) is 0 Å². The molecule has 1 atom stereocenters. The lowest BCUT2D eigenvalue weighted by Gasteiger charge is -2.27. The molecule has 24 heavy (non-hydrogen) atoms. The van der Waals surface area contributed by atoms with Crippen LogP contribution in [-0.4, -0.2) is 39.9 Å². The summed E-state index contributed by atoms with van der Waals surface area (Å²) in [4.78, 5) is 16.2. The van der Waals surface area contributed by atoms with Crippen LogP contribution in [0.25, 0.3) is 0 Å².